The number of hydrogen-bond acceptors (Lipinski definition) is 4. The van der Waals surface area contributed by atoms with Gasteiger partial charge in [-0.2, -0.15) is 13.2 Å². The third kappa shape index (κ3) is 7.28. The molecule has 0 amide bonds. The smallest absolute Gasteiger partial charge is 0.346 e. The van der Waals surface area contributed by atoms with Crippen molar-refractivity contribution in [2.45, 2.75) is 77.0 Å². The first-order valence-electron chi connectivity index (χ1n) is 14.6. The molecular formula is C33H34F6O4. The van der Waals surface area contributed by atoms with E-state index in [1.54, 1.807) is 0 Å². The Balaban J connectivity index is 1.42. The summed E-state index contributed by atoms with van der Waals surface area (Å²) in [6.07, 6.45) is 4.54. The second-order valence-electron chi connectivity index (χ2n) is 10.6. The van der Waals surface area contributed by atoms with Crippen LogP contribution in [0.15, 0.2) is 36.4 Å². The minimum Gasteiger partial charge on any atom is -0.490 e. The molecule has 0 radical (unpaired) electrons. The standard InChI is InChI=1S/C33H34F6O4/c1-3-5-17-41-24-14-13-22(28(35)30(24)37)20-9-7-19(8-10-20)21-11-12-23(29(36)27(21)34)33(40)43-26-16-15-25(31(38)32(26)39)42-18-6-4-2/h11-16,19-20H,3-10,17-18H2,1-2H3. The van der Waals surface area contributed by atoms with Gasteiger partial charge < -0.3 is 14.2 Å². The van der Waals surface area contributed by atoms with Crippen LogP contribution in [0.25, 0.3) is 0 Å². The van der Waals surface area contributed by atoms with Gasteiger partial charge in [-0.25, -0.2) is 18.0 Å². The van der Waals surface area contributed by atoms with Crippen LogP contribution < -0.4 is 14.2 Å². The molecule has 0 heterocycles. The topological polar surface area (TPSA) is 44.8 Å². The predicted molar refractivity (Wildman–Crippen MR) is 149 cm³/mol. The number of unbranched alkanes of at least 4 members (excludes halogenated alkanes) is 2. The van der Waals surface area contributed by atoms with Gasteiger partial charge in [-0.05, 0) is 85.8 Å². The molecule has 232 valence electrons. The molecule has 0 atom stereocenters. The molecule has 0 aromatic heterocycles. The molecule has 0 spiro atoms. The monoisotopic (exact) mass is 608 g/mol. The summed E-state index contributed by atoms with van der Waals surface area (Å²) in [6.45, 7) is 4.31. The Kier molecular flexibility index (Phi) is 11.0. The molecule has 1 saturated carbocycles. The van der Waals surface area contributed by atoms with Crippen molar-refractivity contribution in [3.05, 3.63) is 88.0 Å². The molecule has 0 bridgehead atoms. The maximum absolute atomic E-state index is 15.1. The van der Waals surface area contributed by atoms with Crippen LogP contribution in [0.3, 0.4) is 0 Å². The van der Waals surface area contributed by atoms with Crippen LogP contribution in [-0.4, -0.2) is 19.2 Å². The van der Waals surface area contributed by atoms with E-state index in [1.165, 1.54) is 18.2 Å². The van der Waals surface area contributed by atoms with Crippen LogP contribution in [0, 0.1) is 34.9 Å². The Bertz CT molecular complexity index is 1440. The predicted octanol–water partition coefficient (Wildman–Crippen LogP) is 9.54. The SMILES string of the molecule is CCCCOc1ccc(OC(=O)c2ccc(C3CCC(c4ccc(OCCCC)c(F)c4F)CC3)c(F)c2F)c(F)c1F. The van der Waals surface area contributed by atoms with Crippen molar-refractivity contribution in [1.82, 2.24) is 0 Å². The number of rotatable bonds is 12. The highest BCUT2D eigenvalue weighted by atomic mass is 19.2. The minimum absolute atomic E-state index is 0.0321. The van der Waals surface area contributed by atoms with E-state index >= 15 is 8.78 Å². The van der Waals surface area contributed by atoms with Gasteiger partial charge in [0.15, 0.2) is 34.7 Å². The van der Waals surface area contributed by atoms with Crippen molar-refractivity contribution in [3.63, 3.8) is 0 Å². The summed E-state index contributed by atoms with van der Waals surface area (Å²) >= 11 is 0. The molecule has 1 aliphatic carbocycles. The lowest BCUT2D eigenvalue weighted by atomic mass is 9.75. The minimum atomic E-state index is -1.49. The molecule has 0 saturated heterocycles. The highest BCUT2D eigenvalue weighted by Crippen LogP contribution is 2.43. The fraction of sp³-hybridized carbons (Fsp3) is 0.424. The van der Waals surface area contributed by atoms with Gasteiger partial charge in [-0.15, -0.1) is 0 Å². The van der Waals surface area contributed by atoms with Crippen LogP contribution >= 0.6 is 0 Å². The molecule has 3 aromatic carbocycles. The average Bonchev–Trinajstić information content (AvgIpc) is 3.00. The summed E-state index contributed by atoms with van der Waals surface area (Å²) in [7, 11) is 0. The lowest BCUT2D eigenvalue weighted by Crippen LogP contribution is -2.17. The van der Waals surface area contributed by atoms with Crippen molar-refractivity contribution in [2.75, 3.05) is 13.2 Å². The van der Waals surface area contributed by atoms with Crippen LogP contribution in [0.2, 0.25) is 0 Å². The molecule has 43 heavy (non-hydrogen) atoms. The van der Waals surface area contributed by atoms with E-state index in [9.17, 15) is 22.4 Å². The molecule has 4 nitrogen and oxygen atoms in total. The molecule has 0 aliphatic heterocycles. The maximum atomic E-state index is 15.1. The fourth-order valence-electron chi connectivity index (χ4n) is 5.24. The van der Waals surface area contributed by atoms with Gasteiger partial charge in [0.2, 0.25) is 17.5 Å². The number of ether oxygens (including phenoxy) is 3. The number of halogens is 6. The molecule has 1 fully saturated rings. The van der Waals surface area contributed by atoms with E-state index in [4.69, 9.17) is 14.2 Å². The van der Waals surface area contributed by atoms with E-state index in [0.717, 1.165) is 31.0 Å². The van der Waals surface area contributed by atoms with Gasteiger partial charge in [0, 0.05) is 0 Å². The Morgan fingerprint density at radius 1 is 0.605 bits per heavy atom. The zero-order valence-corrected chi connectivity index (χ0v) is 24.1. The maximum Gasteiger partial charge on any atom is 0.346 e. The Morgan fingerprint density at radius 2 is 1.02 bits per heavy atom. The van der Waals surface area contributed by atoms with Gasteiger partial charge in [-0.3, -0.25) is 0 Å². The first kappa shape index (κ1) is 32.2. The summed E-state index contributed by atoms with van der Waals surface area (Å²) in [4.78, 5) is 12.6. The first-order chi connectivity index (χ1) is 20.7. The molecule has 10 heteroatoms. The van der Waals surface area contributed by atoms with Crippen molar-refractivity contribution < 1.29 is 45.3 Å². The quantitative estimate of drug-likeness (QED) is 0.0889. The zero-order chi connectivity index (χ0) is 31.1. The van der Waals surface area contributed by atoms with Gasteiger partial charge in [-0.1, -0.05) is 38.8 Å². The normalized spacial score (nSPS) is 16.7. The summed E-state index contributed by atoms with van der Waals surface area (Å²) in [5, 5.41) is 0. The van der Waals surface area contributed by atoms with Gasteiger partial charge in [0.25, 0.3) is 0 Å². The second kappa shape index (κ2) is 14.7. The Labute approximate surface area is 247 Å². The van der Waals surface area contributed by atoms with Crippen molar-refractivity contribution in [3.8, 4) is 17.2 Å². The second-order valence-corrected chi connectivity index (χ2v) is 10.6. The summed E-state index contributed by atoms with van der Waals surface area (Å²) in [5.41, 5.74) is -0.533. The lowest BCUT2D eigenvalue weighted by Gasteiger charge is -2.30. The number of hydrogen-bond donors (Lipinski definition) is 0. The molecule has 0 unspecified atom stereocenters. The lowest BCUT2D eigenvalue weighted by molar-refractivity contribution is 0.0720. The Hall–Kier alpha value is -3.69. The number of benzene rings is 3. The molecule has 4 rings (SSSR count). The molecular weight excluding hydrogens is 574 g/mol. The summed E-state index contributed by atoms with van der Waals surface area (Å²) in [6, 6.07) is 7.27. The summed E-state index contributed by atoms with van der Waals surface area (Å²) in [5.74, 6) is -11.0. The largest absolute Gasteiger partial charge is 0.490 e. The molecule has 3 aromatic rings. The van der Waals surface area contributed by atoms with Gasteiger partial charge >= 0.3 is 5.97 Å². The highest BCUT2D eigenvalue weighted by molar-refractivity contribution is 5.91. The highest BCUT2D eigenvalue weighted by Gasteiger charge is 2.31. The Morgan fingerprint density at radius 3 is 1.56 bits per heavy atom. The first-order valence-corrected chi connectivity index (χ1v) is 14.6. The number of carbonyl (C=O) groups excluding carboxylic acids is 1. The number of carbonyl (C=O) groups is 1. The van der Waals surface area contributed by atoms with Crippen molar-refractivity contribution in [2.24, 2.45) is 0 Å². The fourth-order valence-corrected chi connectivity index (χ4v) is 5.24. The van der Waals surface area contributed by atoms with E-state index in [1.807, 2.05) is 13.8 Å². The van der Waals surface area contributed by atoms with E-state index in [2.05, 4.69) is 0 Å². The van der Waals surface area contributed by atoms with Crippen LogP contribution in [0.5, 0.6) is 17.2 Å². The van der Waals surface area contributed by atoms with E-state index in [-0.39, 0.29) is 41.8 Å². The van der Waals surface area contributed by atoms with Crippen molar-refractivity contribution in [1.29, 1.82) is 0 Å². The summed E-state index contributed by atoms with van der Waals surface area (Å²) < 4.78 is 104. The van der Waals surface area contributed by atoms with Crippen LogP contribution in [0.1, 0.15) is 98.5 Å². The molecule has 1 aliphatic rings. The third-order valence-electron chi connectivity index (χ3n) is 7.74. The van der Waals surface area contributed by atoms with Crippen LogP contribution in [0.4, 0.5) is 26.3 Å². The molecule has 0 N–H and O–H groups in total. The zero-order valence-electron chi connectivity index (χ0n) is 24.1. The number of esters is 1. The van der Waals surface area contributed by atoms with Gasteiger partial charge in [0.05, 0.1) is 18.8 Å². The van der Waals surface area contributed by atoms with E-state index in [0.29, 0.717) is 38.5 Å². The third-order valence-corrected chi connectivity index (χ3v) is 7.74. The van der Waals surface area contributed by atoms with Gasteiger partial charge in [0.1, 0.15) is 0 Å². The van der Waals surface area contributed by atoms with Crippen molar-refractivity contribution >= 4 is 5.97 Å². The van der Waals surface area contributed by atoms with Crippen LogP contribution in [-0.2, 0) is 0 Å². The average molecular weight is 609 g/mol. The van der Waals surface area contributed by atoms with E-state index < -0.39 is 58.1 Å².